The minimum Gasteiger partial charge on any atom is -0.497 e. The fraction of sp³-hybridized carbons (Fsp3) is 0.143. The molecule has 6 nitrogen and oxygen atoms in total. The molecule has 0 atom stereocenters. The number of methoxy groups -OCH3 is 1. The summed E-state index contributed by atoms with van der Waals surface area (Å²) < 4.78 is 7.39. The van der Waals surface area contributed by atoms with Crippen LogP contribution in [-0.2, 0) is 0 Å². The van der Waals surface area contributed by atoms with E-state index in [2.05, 4.69) is 26.8 Å². The topological polar surface area (TPSA) is 68.2 Å². The molecule has 2 aromatic carbocycles. The average molecular weight is 451 g/mol. The number of para-hydroxylation sites is 1. The summed E-state index contributed by atoms with van der Waals surface area (Å²) in [6.07, 6.45) is 7.67. The molecule has 2 heterocycles. The molecule has 4 aromatic rings. The van der Waals surface area contributed by atoms with E-state index in [0.29, 0.717) is 22.9 Å². The zero-order chi connectivity index (χ0) is 23.5. The lowest BCUT2D eigenvalue weighted by atomic mass is 10.2. The maximum absolute atomic E-state index is 13.1. The Kier molecular flexibility index (Phi) is 5.87. The van der Waals surface area contributed by atoms with Gasteiger partial charge in [0.1, 0.15) is 17.4 Å². The summed E-state index contributed by atoms with van der Waals surface area (Å²) >= 11 is 0. The Morgan fingerprint density at radius 3 is 2.68 bits per heavy atom. The Morgan fingerprint density at radius 1 is 1.12 bits per heavy atom. The van der Waals surface area contributed by atoms with Crippen molar-refractivity contribution in [2.45, 2.75) is 12.8 Å². The van der Waals surface area contributed by atoms with Gasteiger partial charge in [-0.05, 0) is 49.1 Å². The lowest BCUT2D eigenvalue weighted by molar-refractivity contribution is 0.415. The first-order valence-electron chi connectivity index (χ1n) is 11.3. The van der Waals surface area contributed by atoms with Gasteiger partial charge in [-0.15, -0.1) is 0 Å². The van der Waals surface area contributed by atoms with Gasteiger partial charge in [0, 0.05) is 41.5 Å². The van der Waals surface area contributed by atoms with Gasteiger partial charge in [0.2, 0.25) is 0 Å². The lowest BCUT2D eigenvalue weighted by Crippen LogP contribution is -2.15. The molecule has 0 aliphatic heterocycles. The normalized spacial score (nSPS) is 13.5. The molecule has 0 bridgehead atoms. The molecule has 0 amide bonds. The third kappa shape index (κ3) is 4.43. The van der Waals surface area contributed by atoms with Crippen LogP contribution in [0.2, 0.25) is 0 Å². The van der Waals surface area contributed by atoms with Crippen LogP contribution in [-0.4, -0.2) is 16.7 Å². The second kappa shape index (κ2) is 9.27. The fourth-order valence-electron chi connectivity index (χ4n) is 4.03. The number of hydrogen-bond donors (Lipinski definition) is 2. The van der Waals surface area contributed by atoms with E-state index in [1.807, 2.05) is 66.7 Å². The van der Waals surface area contributed by atoms with Gasteiger partial charge in [-0.25, -0.2) is 4.98 Å². The molecule has 0 radical (unpaired) electrons. The average Bonchev–Trinajstić information content (AvgIpc) is 3.70. The summed E-state index contributed by atoms with van der Waals surface area (Å²) in [5.74, 6) is 2.56. The number of allylic oxidation sites excluding steroid dienone is 3. The lowest BCUT2D eigenvalue weighted by Gasteiger charge is -2.20. The molecular weight excluding hydrogens is 424 g/mol. The molecule has 2 aromatic heterocycles. The number of anilines is 3. The molecule has 0 unspecified atom stereocenters. The van der Waals surface area contributed by atoms with Gasteiger partial charge in [-0.3, -0.25) is 9.36 Å². The minimum atomic E-state index is -0.0844. The van der Waals surface area contributed by atoms with Crippen molar-refractivity contribution >= 4 is 28.2 Å². The zero-order valence-corrected chi connectivity index (χ0v) is 19.0. The van der Waals surface area contributed by atoms with E-state index in [1.54, 1.807) is 25.4 Å². The largest absolute Gasteiger partial charge is 0.497 e. The van der Waals surface area contributed by atoms with Crippen molar-refractivity contribution in [2.24, 2.45) is 5.92 Å². The van der Waals surface area contributed by atoms with E-state index in [4.69, 9.17) is 4.74 Å². The van der Waals surface area contributed by atoms with Crippen molar-refractivity contribution in [1.29, 1.82) is 0 Å². The third-order valence-corrected chi connectivity index (χ3v) is 5.84. The number of ether oxygens (including phenoxy) is 1. The molecule has 1 aliphatic rings. The molecule has 6 heteroatoms. The van der Waals surface area contributed by atoms with Gasteiger partial charge in [0.05, 0.1) is 18.0 Å². The molecule has 170 valence electrons. The van der Waals surface area contributed by atoms with Crippen LogP contribution in [0.5, 0.6) is 5.75 Å². The number of nitrogens with one attached hydrogen (secondary N) is 2. The molecule has 1 aliphatic carbocycles. The highest BCUT2D eigenvalue weighted by Crippen LogP contribution is 2.37. The number of nitrogens with zero attached hydrogens (tertiary/aromatic N) is 2. The number of benzene rings is 2. The molecule has 34 heavy (non-hydrogen) atoms. The molecule has 0 saturated heterocycles. The van der Waals surface area contributed by atoms with E-state index in [0.717, 1.165) is 41.2 Å². The number of aromatic nitrogens is 2. The van der Waals surface area contributed by atoms with Crippen LogP contribution < -0.4 is 20.8 Å². The van der Waals surface area contributed by atoms with Crippen LogP contribution in [0.25, 0.3) is 16.6 Å². The highest BCUT2D eigenvalue weighted by molar-refractivity contribution is 5.85. The predicted molar refractivity (Wildman–Crippen MR) is 138 cm³/mol. The Bertz CT molecular complexity index is 1440. The van der Waals surface area contributed by atoms with E-state index in [9.17, 15) is 4.79 Å². The molecular formula is C28H26N4O2. The number of rotatable bonds is 8. The van der Waals surface area contributed by atoms with E-state index >= 15 is 0 Å². The maximum atomic E-state index is 13.1. The maximum Gasteiger partial charge on any atom is 0.193 e. The first-order valence-corrected chi connectivity index (χ1v) is 11.3. The van der Waals surface area contributed by atoms with Crippen molar-refractivity contribution in [1.82, 2.24) is 9.55 Å². The summed E-state index contributed by atoms with van der Waals surface area (Å²) in [6, 6.07) is 21.2. The van der Waals surface area contributed by atoms with E-state index < -0.39 is 0 Å². The van der Waals surface area contributed by atoms with E-state index in [-0.39, 0.29) is 5.43 Å². The van der Waals surface area contributed by atoms with Crippen molar-refractivity contribution in [3.63, 3.8) is 0 Å². The predicted octanol–water partition coefficient (Wildman–Crippen LogP) is 6.03. The van der Waals surface area contributed by atoms with Crippen LogP contribution in [0.4, 0.5) is 17.3 Å². The Morgan fingerprint density at radius 2 is 1.94 bits per heavy atom. The van der Waals surface area contributed by atoms with Crippen LogP contribution >= 0.6 is 0 Å². The summed E-state index contributed by atoms with van der Waals surface area (Å²) in [7, 11) is 1.64. The molecule has 2 N–H and O–H groups in total. The summed E-state index contributed by atoms with van der Waals surface area (Å²) in [5.41, 5.74) is 3.54. The fourth-order valence-corrected chi connectivity index (χ4v) is 4.03. The van der Waals surface area contributed by atoms with Gasteiger partial charge >= 0.3 is 0 Å². The second-order valence-electron chi connectivity index (χ2n) is 8.27. The monoisotopic (exact) mass is 450 g/mol. The van der Waals surface area contributed by atoms with Crippen LogP contribution in [0.1, 0.15) is 12.8 Å². The third-order valence-electron chi connectivity index (χ3n) is 5.84. The number of hydrogen-bond acceptors (Lipinski definition) is 5. The highest BCUT2D eigenvalue weighted by atomic mass is 16.5. The van der Waals surface area contributed by atoms with Crippen LogP contribution in [0, 0.1) is 5.92 Å². The van der Waals surface area contributed by atoms with Crippen molar-refractivity contribution < 1.29 is 4.74 Å². The Labute approximate surface area is 198 Å². The van der Waals surface area contributed by atoms with Crippen LogP contribution in [0.15, 0.2) is 102 Å². The van der Waals surface area contributed by atoms with Crippen molar-refractivity contribution in [3.8, 4) is 11.4 Å². The van der Waals surface area contributed by atoms with Gasteiger partial charge < -0.3 is 15.4 Å². The molecule has 5 rings (SSSR count). The van der Waals surface area contributed by atoms with Gasteiger partial charge in [-0.1, -0.05) is 36.9 Å². The summed E-state index contributed by atoms with van der Waals surface area (Å²) in [6.45, 7) is 3.85. The summed E-state index contributed by atoms with van der Waals surface area (Å²) in [4.78, 5) is 17.6. The number of fused-ring (bicyclic) bond motifs is 1. The standard InChI is InChI=1S/C28H26N4O2/c1-3-8-24(19-13-14-19)31-28-17-26(33)23-18-29-27(30-20-9-7-12-22(15-20)34-2)16-25(23)32(28)21-10-5-4-6-11-21/h3-12,15-19,31H,1,13-14H2,2H3,(H,29,30)/b24-8+. The van der Waals surface area contributed by atoms with Crippen molar-refractivity contribution in [3.05, 3.63) is 108 Å². The first-order chi connectivity index (χ1) is 16.7. The van der Waals surface area contributed by atoms with Gasteiger partial charge in [0.25, 0.3) is 0 Å². The first kappa shape index (κ1) is 21.5. The number of pyridine rings is 2. The highest BCUT2D eigenvalue weighted by Gasteiger charge is 2.26. The van der Waals surface area contributed by atoms with Crippen molar-refractivity contribution in [2.75, 3.05) is 17.7 Å². The van der Waals surface area contributed by atoms with E-state index in [1.165, 1.54) is 0 Å². The van der Waals surface area contributed by atoms with Crippen LogP contribution in [0.3, 0.4) is 0 Å². The SMILES string of the molecule is C=C/C=C(/Nc1cc(=O)c2cnc(Nc3cccc(OC)c3)cc2n1-c1ccccc1)C1CC1. The Hall–Kier alpha value is -4.32. The zero-order valence-electron chi connectivity index (χ0n) is 19.0. The Balaban J connectivity index is 1.66. The smallest absolute Gasteiger partial charge is 0.193 e. The quantitative estimate of drug-likeness (QED) is 0.321. The molecule has 1 saturated carbocycles. The van der Waals surface area contributed by atoms with Gasteiger partial charge in [0.15, 0.2) is 5.43 Å². The molecule has 1 fully saturated rings. The minimum absolute atomic E-state index is 0.0844. The van der Waals surface area contributed by atoms with Gasteiger partial charge in [-0.2, -0.15) is 0 Å². The summed E-state index contributed by atoms with van der Waals surface area (Å²) in [5, 5.41) is 7.40. The molecule has 0 spiro atoms. The second-order valence-corrected chi connectivity index (χ2v) is 8.27.